The minimum atomic E-state index is -4.92. The summed E-state index contributed by atoms with van der Waals surface area (Å²) >= 11 is 0.0159. The van der Waals surface area contributed by atoms with E-state index in [0.29, 0.717) is 0 Å². The molecule has 0 heterocycles. The molecule has 0 aliphatic carbocycles. The fraction of sp³-hybridized carbons (Fsp3) is 0.0769. The van der Waals surface area contributed by atoms with Crippen molar-refractivity contribution < 1.29 is 38.7 Å². The van der Waals surface area contributed by atoms with Crippen LogP contribution in [0, 0.1) is 14.1 Å². The average molecular weight is 392 g/mol. The fourth-order valence-corrected chi connectivity index (χ4v) is 3.41. The third-order valence-corrected chi connectivity index (χ3v) is 4.65. The van der Waals surface area contributed by atoms with Crippen molar-refractivity contribution in [1.29, 1.82) is 0 Å². The topological polar surface area (TPSA) is 77.4 Å². The molecule has 2 aromatic carbocycles. The van der Waals surface area contributed by atoms with Crippen LogP contribution in [0.5, 0.6) is 0 Å². The first-order valence-electron chi connectivity index (χ1n) is 5.29. The highest BCUT2D eigenvalue weighted by Crippen LogP contribution is 1.93. The SMILES string of the molecule is Cc1ccc([I+]c2ccccc2)cc1.O=S(=O)([O-])O. The lowest BCUT2D eigenvalue weighted by Gasteiger charge is -1.88. The van der Waals surface area contributed by atoms with Gasteiger partial charge in [0.1, 0.15) is 0 Å². The fourth-order valence-electron chi connectivity index (χ4n) is 1.20. The highest BCUT2D eigenvalue weighted by Gasteiger charge is 2.13. The van der Waals surface area contributed by atoms with Gasteiger partial charge in [-0.2, -0.15) is 0 Å². The zero-order chi connectivity index (χ0) is 14.3. The maximum Gasteiger partial charge on any atom is 0.357 e. The second-order valence-electron chi connectivity index (χ2n) is 3.61. The third-order valence-electron chi connectivity index (χ3n) is 1.96. The molecular weight excluding hydrogens is 379 g/mol. The van der Waals surface area contributed by atoms with Gasteiger partial charge in [0, 0.05) is 0 Å². The second kappa shape index (κ2) is 7.59. The number of halogens is 1. The van der Waals surface area contributed by atoms with Crippen molar-refractivity contribution in [3.63, 3.8) is 0 Å². The lowest BCUT2D eigenvalue weighted by Crippen LogP contribution is -3.61. The van der Waals surface area contributed by atoms with Gasteiger partial charge in [-0.15, -0.1) is 0 Å². The van der Waals surface area contributed by atoms with E-state index in [-0.39, 0.29) is 21.2 Å². The van der Waals surface area contributed by atoms with Gasteiger partial charge in [-0.3, -0.25) is 4.55 Å². The smallest absolute Gasteiger partial charge is 0.357 e. The maximum atomic E-state index is 8.63. The molecule has 4 nitrogen and oxygen atoms in total. The predicted octanol–water partition coefficient (Wildman–Crippen LogP) is -0.872. The first kappa shape index (κ1) is 16.1. The molecule has 0 aliphatic rings. The molecule has 0 fully saturated rings. The van der Waals surface area contributed by atoms with Crippen molar-refractivity contribution >= 4 is 10.4 Å². The van der Waals surface area contributed by atoms with Crippen LogP contribution in [0.4, 0.5) is 0 Å². The molecule has 2 aromatic rings. The molecule has 102 valence electrons. The first-order valence-corrected chi connectivity index (χ1v) is 8.82. The molecule has 2 rings (SSSR count). The Balaban J connectivity index is 0.000000312. The van der Waals surface area contributed by atoms with E-state index in [4.69, 9.17) is 17.5 Å². The lowest BCUT2D eigenvalue weighted by atomic mass is 10.2. The Morgan fingerprint density at radius 1 is 0.947 bits per heavy atom. The minimum absolute atomic E-state index is 0.0159. The van der Waals surface area contributed by atoms with Gasteiger partial charge < -0.3 is 4.55 Å². The maximum absolute atomic E-state index is 8.63. The first-order chi connectivity index (χ1) is 8.84. The van der Waals surface area contributed by atoms with Gasteiger partial charge in [0.05, 0.1) is 0 Å². The van der Waals surface area contributed by atoms with E-state index in [0.717, 1.165) is 0 Å². The van der Waals surface area contributed by atoms with E-state index in [1.54, 1.807) is 0 Å². The van der Waals surface area contributed by atoms with Gasteiger partial charge in [-0.1, -0.05) is 35.9 Å². The van der Waals surface area contributed by atoms with Crippen LogP contribution in [0.3, 0.4) is 0 Å². The van der Waals surface area contributed by atoms with Gasteiger partial charge >= 0.3 is 21.2 Å². The molecule has 6 heteroatoms. The molecule has 0 saturated carbocycles. The Labute approximate surface area is 123 Å². The van der Waals surface area contributed by atoms with Crippen LogP contribution in [0.1, 0.15) is 5.56 Å². The number of hydrogen-bond donors (Lipinski definition) is 1. The van der Waals surface area contributed by atoms with E-state index in [9.17, 15) is 0 Å². The zero-order valence-electron chi connectivity index (χ0n) is 10.2. The summed E-state index contributed by atoms with van der Waals surface area (Å²) in [5.41, 5.74) is 1.34. The summed E-state index contributed by atoms with van der Waals surface area (Å²) in [6.07, 6.45) is 0. The highest BCUT2D eigenvalue weighted by atomic mass is 127. The van der Waals surface area contributed by atoms with Crippen LogP contribution in [0.2, 0.25) is 0 Å². The molecule has 0 bridgehead atoms. The molecule has 0 amide bonds. The minimum Gasteiger partial charge on any atom is -0.726 e. The molecular formula is C13H13IO4S. The Kier molecular flexibility index (Phi) is 6.43. The van der Waals surface area contributed by atoms with Gasteiger partial charge in [0.15, 0.2) is 7.14 Å². The van der Waals surface area contributed by atoms with Crippen molar-refractivity contribution in [3.8, 4) is 0 Å². The molecule has 1 N–H and O–H groups in total. The summed E-state index contributed by atoms with van der Waals surface area (Å²) in [5, 5.41) is 0. The predicted molar refractivity (Wildman–Crippen MR) is 67.3 cm³/mol. The van der Waals surface area contributed by atoms with Crippen LogP contribution in [0.15, 0.2) is 54.6 Å². The van der Waals surface area contributed by atoms with Gasteiger partial charge in [-0.05, 0) is 31.2 Å². The molecule has 0 radical (unpaired) electrons. The Hall–Kier alpha value is -0.960. The Bertz CT molecular complexity index is 586. The summed E-state index contributed by atoms with van der Waals surface area (Å²) in [5.74, 6) is 0. The van der Waals surface area contributed by atoms with E-state index in [2.05, 4.69) is 61.5 Å². The van der Waals surface area contributed by atoms with Crippen LogP contribution in [0.25, 0.3) is 0 Å². The molecule has 19 heavy (non-hydrogen) atoms. The van der Waals surface area contributed by atoms with E-state index < -0.39 is 10.4 Å². The Morgan fingerprint density at radius 3 is 1.84 bits per heavy atom. The van der Waals surface area contributed by atoms with Crippen molar-refractivity contribution in [2.45, 2.75) is 6.92 Å². The molecule has 0 saturated heterocycles. The molecule has 0 atom stereocenters. The Morgan fingerprint density at radius 2 is 1.37 bits per heavy atom. The van der Waals surface area contributed by atoms with Gasteiger partial charge in [0.25, 0.3) is 0 Å². The summed E-state index contributed by atoms with van der Waals surface area (Å²) < 4.78 is 35.8. The largest absolute Gasteiger partial charge is 0.726 e. The zero-order valence-corrected chi connectivity index (χ0v) is 13.1. The summed E-state index contributed by atoms with van der Waals surface area (Å²) in [6.45, 7) is 2.13. The van der Waals surface area contributed by atoms with Crippen molar-refractivity contribution in [3.05, 3.63) is 67.3 Å². The van der Waals surface area contributed by atoms with Crippen LogP contribution < -0.4 is 21.2 Å². The average Bonchev–Trinajstić information content (AvgIpc) is 2.31. The number of aryl methyl sites for hydroxylation is 1. The van der Waals surface area contributed by atoms with Gasteiger partial charge in [0.2, 0.25) is 10.4 Å². The van der Waals surface area contributed by atoms with Crippen LogP contribution >= 0.6 is 0 Å². The normalized spacial score (nSPS) is 10.5. The highest BCUT2D eigenvalue weighted by molar-refractivity contribution is 7.79. The number of benzene rings is 2. The number of rotatable bonds is 2. The number of hydrogen-bond acceptors (Lipinski definition) is 3. The molecule has 0 spiro atoms. The second-order valence-corrected chi connectivity index (χ2v) is 7.50. The summed E-state index contributed by atoms with van der Waals surface area (Å²) in [4.78, 5) is 0. The quantitative estimate of drug-likeness (QED) is 0.410. The lowest BCUT2D eigenvalue weighted by molar-refractivity contribution is -0.597. The van der Waals surface area contributed by atoms with E-state index in [1.807, 2.05) is 0 Å². The van der Waals surface area contributed by atoms with Crippen molar-refractivity contribution in [2.75, 3.05) is 0 Å². The van der Waals surface area contributed by atoms with Crippen LogP contribution in [-0.4, -0.2) is 17.5 Å². The van der Waals surface area contributed by atoms with Crippen molar-refractivity contribution in [2.24, 2.45) is 0 Å². The van der Waals surface area contributed by atoms with E-state index in [1.165, 1.54) is 12.7 Å². The summed E-state index contributed by atoms with van der Waals surface area (Å²) in [7, 11) is -4.92. The molecule has 0 unspecified atom stereocenters. The van der Waals surface area contributed by atoms with Gasteiger partial charge in [-0.25, -0.2) is 8.42 Å². The van der Waals surface area contributed by atoms with Crippen LogP contribution in [-0.2, 0) is 10.4 Å². The molecule has 0 aliphatic heterocycles. The third kappa shape index (κ3) is 8.71. The molecule has 0 aromatic heterocycles. The monoisotopic (exact) mass is 392 g/mol. The van der Waals surface area contributed by atoms with Crippen molar-refractivity contribution in [1.82, 2.24) is 0 Å². The van der Waals surface area contributed by atoms with E-state index >= 15 is 0 Å². The summed E-state index contributed by atoms with van der Waals surface area (Å²) in [6, 6.07) is 19.6. The standard InChI is InChI=1S/C13H12I.H2O4S/c1-11-7-9-13(10-8-11)14-12-5-3-2-4-6-12;1-5(2,3)4/h2-10H,1H3;(H2,1,2,3,4)/q+1;/p-1.